The number of hydrogen-bond donors (Lipinski definition) is 0. The predicted molar refractivity (Wildman–Crippen MR) is 118 cm³/mol. The summed E-state index contributed by atoms with van der Waals surface area (Å²) in [7, 11) is 1.36. The number of carbonyl (C=O) groups is 1. The van der Waals surface area contributed by atoms with Crippen LogP contribution in [0.5, 0.6) is 0 Å². The molecular formula is C26H22N2O2. The molecule has 0 unspecified atom stereocenters. The summed E-state index contributed by atoms with van der Waals surface area (Å²) in [5.41, 5.74) is 3.42. The zero-order valence-corrected chi connectivity index (χ0v) is 16.7. The van der Waals surface area contributed by atoms with Crippen LogP contribution in [0.4, 0.5) is 0 Å². The highest BCUT2D eigenvalue weighted by Gasteiger charge is 2.39. The molecule has 0 radical (unpaired) electrons. The Morgan fingerprint density at radius 3 is 1.73 bits per heavy atom. The van der Waals surface area contributed by atoms with Crippen molar-refractivity contribution in [3.05, 3.63) is 132 Å². The number of rotatable bonds is 6. The number of aromatic nitrogens is 2. The van der Waals surface area contributed by atoms with Gasteiger partial charge in [-0.1, -0.05) is 91.0 Å². The Labute approximate surface area is 176 Å². The lowest BCUT2D eigenvalue weighted by Crippen LogP contribution is -2.38. The summed E-state index contributed by atoms with van der Waals surface area (Å²) in [6.07, 6.45) is 6.81. The van der Waals surface area contributed by atoms with E-state index >= 15 is 0 Å². The highest BCUT2D eigenvalue weighted by atomic mass is 16.5. The molecular weight excluding hydrogens is 372 g/mol. The highest BCUT2D eigenvalue weighted by Crippen LogP contribution is 2.40. The van der Waals surface area contributed by atoms with E-state index in [-0.39, 0.29) is 0 Å². The van der Waals surface area contributed by atoms with Gasteiger partial charge in [0.2, 0.25) is 0 Å². The second-order valence-electron chi connectivity index (χ2n) is 6.88. The van der Waals surface area contributed by atoms with Crippen LogP contribution in [0.2, 0.25) is 0 Å². The van der Waals surface area contributed by atoms with Gasteiger partial charge in [-0.2, -0.15) is 5.10 Å². The van der Waals surface area contributed by atoms with Gasteiger partial charge in [-0.25, -0.2) is 4.79 Å². The molecule has 0 amide bonds. The van der Waals surface area contributed by atoms with Gasteiger partial charge in [0.15, 0.2) is 0 Å². The van der Waals surface area contributed by atoms with Crippen LogP contribution in [0.25, 0.3) is 6.08 Å². The van der Waals surface area contributed by atoms with E-state index in [9.17, 15) is 4.79 Å². The Bertz CT molecular complexity index is 1040. The monoisotopic (exact) mass is 394 g/mol. The zero-order chi connectivity index (χ0) is 20.8. The molecule has 0 saturated carbocycles. The summed E-state index contributed by atoms with van der Waals surface area (Å²) in [5, 5.41) is 4.73. The van der Waals surface area contributed by atoms with E-state index in [2.05, 4.69) is 36.4 Å². The molecule has 4 nitrogen and oxygen atoms in total. The molecule has 1 heterocycles. The lowest BCUT2D eigenvalue weighted by Gasteiger charge is -2.36. The Morgan fingerprint density at radius 1 is 0.833 bits per heavy atom. The molecule has 148 valence electrons. The summed E-state index contributed by atoms with van der Waals surface area (Å²) in [6.45, 7) is 0. The quantitative estimate of drug-likeness (QED) is 0.265. The molecule has 4 heteroatoms. The first-order valence-corrected chi connectivity index (χ1v) is 9.73. The van der Waals surface area contributed by atoms with Crippen LogP contribution >= 0.6 is 0 Å². The van der Waals surface area contributed by atoms with Gasteiger partial charge in [0, 0.05) is 17.8 Å². The Kier molecular flexibility index (Phi) is 5.57. The maximum absolute atomic E-state index is 11.5. The van der Waals surface area contributed by atoms with Crippen molar-refractivity contribution in [3.8, 4) is 0 Å². The maximum Gasteiger partial charge on any atom is 0.330 e. The van der Waals surface area contributed by atoms with Crippen molar-refractivity contribution in [3.63, 3.8) is 0 Å². The largest absolute Gasteiger partial charge is 0.466 e. The van der Waals surface area contributed by atoms with Crippen LogP contribution in [-0.4, -0.2) is 22.9 Å². The third kappa shape index (κ3) is 3.55. The number of hydrogen-bond acceptors (Lipinski definition) is 3. The second kappa shape index (κ2) is 8.62. The molecule has 0 aliphatic heterocycles. The van der Waals surface area contributed by atoms with E-state index in [0.717, 1.165) is 22.3 Å². The molecule has 1 aromatic heterocycles. The minimum Gasteiger partial charge on any atom is -0.466 e. The highest BCUT2D eigenvalue weighted by molar-refractivity contribution is 5.86. The van der Waals surface area contributed by atoms with Crippen molar-refractivity contribution < 1.29 is 9.53 Å². The van der Waals surface area contributed by atoms with Crippen molar-refractivity contribution in [1.82, 2.24) is 9.78 Å². The van der Waals surface area contributed by atoms with E-state index in [4.69, 9.17) is 9.84 Å². The lowest BCUT2D eigenvalue weighted by molar-refractivity contribution is -0.134. The van der Waals surface area contributed by atoms with Gasteiger partial charge in [0.05, 0.1) is 13.3 Å². The van der Waals surface area contributed by atoms with E-state index in [1.54, 1.807) is 12.3 Å². The van der Waals surface area contributed by atoms with Gasteiger partial charge in [-0.15, -0.1) is 0 Å². The van der Waals surface area contributed by atoms with Crippen molar-refractivity contribution >= 4 is 12.0 Å². The average Bonchev–Trinajstić information content (AvgIpc) is 3.29. The molecule has 4 rings (SSSR count). The normalized spacial score (nSPS) is 11.5. The van der Waals surface area contributed by atoms with Gasteiger partial charge in [-0.05, 0) is 22.8 Å². The maximum atomic E-state index is 11.5. The summed E-state index contributed by atoms with van der Waals surface area (Å²) >= 11 is 0. The van der Waals surface area contributed by atoms with Gasteiger partial charge in [0.1, 0.15) is 5.54 Å². The average molecular weight is 394 g/mol. The smallest absolute Gasteiger partial charge is 0.330 e. The topological polar surface area (TPSA) is 44.1 Å². The predicted octanol–water partition coefficient (Wildman–Crippen LogP) is 4.91. The van der Waals surface area contributed by atoms with Crippen LogP contribution < -0.4 is 0 Å². The van der Waals surface area contributed by atoms with Crippen molar-refractivity contribution in [1.29, 1.82) is 0 Å². The number of methoxy groups -OCH3 is 1. The van der Waals surface area contributed by atoms with Gasteiger partial charge in [0.25, 0.3) is 0 Å². The van der Waals surface area contributed by atoms with Crippen molar-refractivity contribution in [2.75, 3.05) is 7.11 Å². The fourth-order valence-corrected chi connectivity index (χ4v) is 3.77. The fourth-order valence-electron chi connectivity index (χ4n) is 3.77. The zero-order valence-electron chi connectivity index (χ0n) is 16.7. The van der Waals surface area contributed by atoms with E-state index in [1.807, 2.05) is 65.5 Å². The number of nitrogens with zero attached hydrogens (tertiary/aromatic N) is 2. The summed E-state index contributed by atoms with van der Waals surface area (Å²) < 4.78 is 6.66. The van der Waals surface area contributed by atoms with Crippen LogP contribution in [0.3, 0.4) is 0 Å². The Hall–Kier alpha value is -3.92. The molecule has 0 aliphatic carbocycles. The fraction of sp³-hybridized carbons (Fsp3) is 0.0769. The summed E-state index contributed by atoms with van der Waals surface area (Å²) in [6, 6.07) is 31.0. The standard InChI is InChI=1S/C26H22N2O2/c1-30-25(29)18-17-21-19-27-28(20-21)26(22-11-5-2-6-12-22,23-13-7-3-8-14-23)24-15-9-4-10-16-24/h2-20H,1H3/b18-17+. The SMILES string of the molecule is COC(=O)/C=C/c1cnn(C(c2ccccc2)(c2ccccc2)c2ccccc2)c1. The van der Waals surface area contributed by atoms with Gasteiger partial charge >= 0.3 is 5.97 Å². The third-order valence-electron chi connectivity index (χ3n) is 5.13. The first-order valence-electron chi connectivity index (χ1n) is 9.73. The lowest BCUT2D eigenvalue weighted by atomic mass is 9.77. The van der Waals surface area contributed by atoms with E-state index in [1.165, 1.54) is 13.2 Å². The Morgan fingerprint density at radius 2 is 1.30 bits per heavy atom. The van der Waals surface area contributed by atoms with Gasteiger partial charge in [-0.3, -0.25) is 4.68 Å². The molecule has 0 atom stereocenters. The molecule has 0 N–H and O–H groups in total. The molecule has 0 bridgehead atoms. The van der Waals surface area contributed by atoms with E-state index < -0.39 is 11.5 Å². The number of carbonyl (C=O) groups excluding carboxylic acids is 1. The molecule has 0 saturated heterocycles. The van der Waals surface area contributed by atoms with Crippen LogP contribution in [-0.2, 0) is 15.1 Å². The first kappa shape index (κ1) is 19.4. The van der Waals surface area contributed by atoms with Gasteiger partial charge < -0.3 is 4.74 Å². The summed E-state index contributed by atoms with van der Waals surface area (Å²) in [5.74, 6) is -0.400. The van der Waals surface area contributed by atoms with Crippen LogP contribution in [0.15, 0.2) is 109 Å². The van der Waals surface area contributed by atoms with E-state index in [0.29, 0.717) is 0 Å². The van der Waals surface area contributed by atoms with Crippen LogP contribution in [0.1, 0.15) is 22.3 Å². The molecule has 3 aromatic carbocycles. The number of benzene rings is 3. The third-order valence-corrected chi connectivity index (χ3v) is 5.13. The molecule has 4 aromatic rings. The number of esters is 1. The minimum absolute atomic E-state index is 0.400. The van der Waals surface area contributed by atoms with Crippen LogP contribution in [0, 0.1) is 0 Å². The minimum atomic E-state index is -0.666. The number of ether oxygens (including phenoxy) is 1. The molecule has 0 spiro atoms. The summed E-state index contributed by atoms with van der Waals surface area (Å²) in [4.78, 5) is 11.5. The second-order valence-corrected chi connectivity index (χ2v) is 6.88. The van der Waals surface area contributed by atoms with Crippen molar-refractivity contribution in [2.45, 2.75) is 5.54 Å². The Balaban J connectivity index is 1.98. The van der Waals surface area contributed by atoms with Crippen molar-refractivity contribution in [2.24, 2.45) is 0 Å². The molecule has 30 heavy (non-hydrogen) atoms. The molecule has 0 fully saturated rings. The molecule has 0 aliphatic rings. The first-order chi connectivity index (χ1) is 14.7.